The van der Waals surface area contributed by atoms with Gasteiger partial charge in [0.05, 0.1) is 15.7 Å². The molecule has 0 aliphatic rings. The molecule has 0 fully saturated rings. The number of carbonyl (C=O) groups excluding carboxylic acids is 1. The quantitative estimate of drug-likeness (QED) is 0.752. The second-order valence-electron chi connectivity index (χ2n) is 6.76. The molecule has 0 radical (unpaired) electrons. The number of rotatable bonds is 8. The Hall–Kier alpha value is -2.34. The summed E-state index contributed by atoms with van der Waals surface area (Å²) in [5, 5.41) is 2.27. The molecule has 2 aromatic carbocycles. The molecule has 0 bridgehead atoms. The first-order chi connectivity index (χ1) is 12.8. The number of anilines is 1. The van der Waals surface area contributed by atoms with Crippen molar-refractivity contribution < 1.29 is 13.2 Å². The molecule has 6 heteroatoms. The number of carbonyl (C=O) groups is 1. The highest BCUT2D eigenvalue weighted by atomic mass is 32.2. The van der Waals surface area contributed by atoms with Crippen molar-refractivity contribution >= 4 is 21.4 Å². The number of likely N-dealkylation sites (N-methyl/N-ethyl adjacent to an activating group) is 1. The van der Waals surface area contributed by atoms with Crippen molar-refractivity contribution in [2.45, 2.75) is 37.8 Å². The van der Waals surface area contributed by atoms with Gasteiger partial charge in [-0.3, -0.25) is 4.79 Å². The summed E-state index contributed by atoms with van der Waals surface area (Å²) in [6.07, 6.45) is 0. The fourth-order valence-electron chi connectivity index (χ4n) is 2.85. The van der Waals surface area contributed by atoms with Crippen molar-refractivity contribution in [3.63, 3.8) is 0 Å². The molecule has 0 saturated heterocycles. The Morgan fingerprint density at radius 2 is 1.81 bits per heavy atom. The van der Waals surface area contributed by atoms with E-state index in [9.17, 15) is 13.2 Å². The van der Waals surface area contributed by atoms with Crippen LogP contribution in [0.4, 0.5) is 5.69 Å². The van der Waals surface area contributed by atoms with Gasteiger partial charge in [-0.2, -0.15) is 0 Å². The van der Waals surface area contributed by atoms with E-state index in [-0.39, 0.29) is 16.4 Å². The van der Waals surface area contributed by atoms with Gasteiger partial charge in [-0.25, -0.2) is 8.42 Å². The number of hydrogen-bond donors (Lipinski definition) is 1. The number of nitrogens with one attached hydrogen (secondary N) is 1. The van der Waals surface area contributed by atoms with E-state index < -0.39 is 15.1 Å². The molecule has 0 aliphatic heterocycles. The highest BCUT2D eigenvalue weighted by molar-refractivity contribution is 7.92. The van der Waals surface area contributed by atoms with Crippen LogP contribution in [0.2, 0.25) is 0 Å². The average Bonchev–Trinajstić information content (AvgIpc) is 2.65. The molecule has 2 rings (SSSR count). The summed E-state index contributed by atoms with van der Waals surface area (Å²) in [4.78, 5) is 14.9. The highest BCUT2D eigenvalue weighted by Gasteiger charge is 2.25. The van der Waals surface area contributed by atoms with Crippen LogP contribution >= 0.6 is 0 Å². The largest absolute Gasteiger partial charge is 0.370 e. The predicted molar refractivity (Wildman–Crippen MR) is 110 cm³/mol. The number of sulfone groups is 1. The minimum Gasteiger partial charge on any atom is -0.370 e. The Morgan fingerprint density at radius 3 is 2.44 bits per heavy atom. The number of amides is 1. The zero-order chi connectivity index (χ0) is 20.0. The maximum Gasteiger partial charge on any atom is 0.252 e. The minimum atomic E-state index is -3.52. The maximum absolute atomic E-state index is 12.6. The summed E-state index contributed by atoms with van der Waals surface area (Å²) in [5.41, 5.74) is 2.49. The third-order valence-corrected chi connectivity index (χ3v) is 6.68. The maximum atomic E-state index is 12.6. The van der Waals surface area contributed by atoms with Crippen LogP contribution in [0.3, 0.4) is 0 Å². The molecule has 0 heterocycles. The lowest BCUT2D eigenvalue weighted by atomic mass is 10.2. The van der Waals surface area contributed by atoms with E-state index in [1.54, 1.807) is 32.0 Å². The van der Waals surface area contributed by atoms with Gasteiger partial charge in [0.2, 0.25) is 0 Å². The van der Waals surface area contributed by atoms with E-state index in [1.165, 1.54) is 11.6 Å². The molecule has 0 aliphatic carbocycles. The van der Waals surface area contributed by atoms with Crippen LogP contribution in [0.5, 0.6) is 0 Å². The van der Waals surface area contributed by atoms with Crippen molar-refractivity contribution in [2.24, 2.45) is 0 Å². The molecule has 1 amide bonds. The van der Waals surface area contributed by atoms with Gasteiger partial charge in [-0.05, 0) is 57.5 Å². The number of nitrogens with zero attached hydrogens (tertiary/aromatic N) is 1. The summed E-state index contributed by atoms with van der Waals surface area (Å²) in [5.74, 6) is -0.366. The standard InChI is InChI=1S/C21H28N2O3S/c1-5-23(18-10-8-9-17(4)15-18)14-13-22-21(24)19-11-6-7-12-20(19)27(25,26)16(2)3/h6-12,15-16H,5,13-14H2,1-4H3,(H,22,24). The molecular formula is C21H28N2O3S. The van der Waals surface area contributed by atoms with Gasteiger partial charge in [0, 0.05) is 25.3 Å². The number of aryl methyl sites for hydroxylation is 1. The molecule has 0 unspecified atom stereocenters. The summed E-state index contributed by atoms with van der Waals surface area (Å²) >= 11 is 0. The van der Waals surface area contributed by atoms with Crippen LogP contribution in [-0.2, 0) is 9.84 Å². The fraction of sp³-hybridized carbons (Fsp3) is 0.381. The van der Waals surface area contributed by atoms with Gasteiger partial charge in [0.1, 0.15) is 0 Å². The van der Waals surface area contributed by atoms with Crippen LogP contribution in [0.1, 0.15) is 36.7 Å². The third-order valence-electron chi connectivity index (χ3n) is 4.47. The topological polar surface area (TPSA) is 66.5 Å². The Morgan fingerprint density at radius 1 is 1.11 bits per heavy atom. The molecule has 5 nitrogen and oxygen atoms in total. The highest BCUT2D eigenvalue weighted by Crippen LogP contribution is 2.20. The van der Waals surface area contributed by atoms with Crippen molar-refractivity contribution in [2.75, 3.05) is 24.5 Å². The number of hydrogen-bond acceptors (Lipinski definition) is 4. The minimum absolute atomic E-state index is 0.0866. The summed E-state index contributed by atoms with van der Waals surface area (Å²) in [6.45, 7) is 9.23. The molecule has 27 heavy (non-hydrogen) atoms. The normalized spacial score (nSPS) is 11.4. The SMILES string of the molecule is CCN(CCNC(=O)c1ccccc1S(=O)(=O)C(C)C)c1cccc(C)c1. The monoisotopic (exact) mass is 388 g/mol. The van der Waals surface area contributed by atoms with Crippen molar-refractivity contribution in [3.8, 4) is 0 Å². The van der Waals surface area contributed by atoms with Crippen LogP contribution in [0, 0.1) is 6.92 Å². The Labute approximate surface area is 162 Å². The predicted octanol–water partition coefficient (Wildman–Crippen LogP) is 3.43. The zero-order valence-corrected chi connectivity index (χ0v) is 17.2. The lowest BCUT2D eigenvalue weighted by Crippen LogP contribution is -2.35. The summed E-state index contributed by atoms with van der Waals surface area (Å²) in [7, 11) is -3.52. The van der Waals surface area contributed by atoms with E-state index in [1.807, 2.05) is 25.1 Å². The first-order valence-electron chi connectivity index (χ1n) is 9.20. The second-order valence-corrected chi connectivity index (χ2v) is 9.24. The zero-order valence-electron chi connectivity index (χ0n) is 16.4. The summed E-state index contributed by atoms with van der Waals surface area (Å²) < 4.78 is 25.0. The van der Waals surface area contributed by atoms with Gasteiger partial charge < -0.3 is 10.2 Å². The van der Waals surface area contributed by atoms with Crippen LogP contribution in [0.25, 0.3) is 0 Å². The molecule has 0 spiro atoms. The Bertz CT molecular complexity index is 892. The summed E-state index contributed by atoms with van der Waals surface area (Å²) in [6, 6.07) is 14.6. The molecule has 146 valence electrons. The smallest absolute Gasteiger partial charge is 0.252 e. The first kappa shape index (κ1) is 21.0. The number of benzene rings is 2. The lowest BCUT2D eigenvalue weighted by Gasteiger charge is -2.23. The van der Waals surface area contributed by atoms with Gasteiger partial charge in [0.25, 0.3) is 5.91 Å². The van der Waals surface area contributed by atoms with E-state index in [2.05, 4.69) is 23.2 Å². The van der Waals surface area contributed by atoms with Gasteiger partial charge in [-0.1, -0.05) is 24.3 Å². The Kier molecular flexibility index (Phi) is 7.02. The van der Waals surface area contributed by atoms with E-state index in [0.29, 0.717) is 13.1 Å². The average molecular weight is 389 g/mol. The lowest BCUT2D eigenvalue weighted by molar-refractivity contribution is 0.0951. The molecule has 0 atom stereocenters. The van der Waals surface area contributed by atoms with Crippen molar-refractivity contribution in [1.29, 1.82) is 0 Å². The van der Waals surface area contributed by atoms with Gasteiger partial charge in [0.15, 0.2) is 9.84 Å². The van der Waals surface area contributed by atoms with E-state index in [0.717, 1.165) is 12.2 Å². The van der Waals surface area contributed by atoms with Gasteiger partial charge >= 0.3 is 0 Å². The van der Waals surface area contributed by atoms with Crippen molar-refractivity contribution in [1.82, 2.24) is 5.32 Å². The molecule has 0 saturated carbocycles. The van der Waals surface area contributed by atoms with E-state index in [4.69, 9.17) is 0 Å². The van der Waals surface area contributed by atoms with E-state index >= 15 is 0 Å². The van der Waals surface area contributed by atoms with Crippen LogP contribution < -0.4 is 10.2 Å². The van der Waals surface area contributed by atoms with Crippen molar-refractivity contribution in [3.05, 3.63) is 59.7 Å². The Balaban J connectivity index is 2.08. The molecule has 2 aromatic rings. The molecule has 1 N–H and O–H groups in total. The van der Waals surface area contributed by atoms with Crippen LogP contribution in [0.15, 0.2) is 53.4 Å². The second kappa shape index (κ2) is 9.04. The van der Waals surface area contributed by atoms with Gasteiger partial charge in [-0.15, -0.1) is 0 Å². The van der Waals surface area contributed by atoms with Crippen LogP contribution in [-0.4, -0.2) is 39.2 Å². The fourth-order valence-corrected chi connectivity index (χ4v) is 4.09. The first-order valence-corrected chi connectivity index (χ1v) is 10.7. The third kappa shape index (κ3) is 5.10. The molecular weight excluding hydrogens is 360 g/mol. The molecule has 0 aromatic heterocycles.